The van der Waals surface area contributed by atoms with E-state index in [1.807, 2.05) is 0 Å². The van der Waals surface area contributed by atoms with E-state index in [1.54, 1.807) is 30.3 Å². The number of rotatable bonds is 3. The van der Waals surface area contributed by atoms with E-state index in [1.165, 1.54) is 11.6 Å². The van der Waals surface area contributed by atoms with Crippen molar-refractivity contribution in [2.45, 2.75) is 6.18 Å². The maximum atomic E-state index is 11.9. The van der Waals surface area contributed by atoms with E-state index in [2.05, 4.69) is 0 Å². The summed E-state index contributed by atoms with van der Waals surface area (Å²) in [4.78, 5) is 21.0. The van der Waals surface area contributed by atoms with Gasteiger partial charge in [-0.1, -0.05) is 30.3 Å². The molecule has 0 aliphatic rings. The lowest BCUT2D eigenvalue weighted by atomic mass is 10.2. The third kappa shape index (κ3) is 4.10. The molecule has 3 nitrogen and oxygen atoms in total. The molecule has 1 radical (unpaired) electrons. The first-order valence-corrected chi connectivity index (χ1v) is 4.46. The van der Waals surface area contributed by atoms with Crippen LogP contribution in [0, 0.1) is 0 Å². The number of alkyl halides is 3. The van der Waals surface area contributed by atoms with Gasteiger partial charge in [0.2, 0.25) is 0 Å². The molecule has 6 heteroatoms. The molecule has 0 bridgehead atoms. The van der Waals surface area contributed by atoms with E-state index >= 15 is 0 Å². The van der Waals surface area contributed by atoms with E-state index in [0.717, 1.165) is 6.08 Å². The Morgan fingerprint density at radius 2 is 1.82 bits per heavy atom. The number of benzene rings is 1. The van der Waals surface area contributed by atoms with Crippen LogP contribution in [0.5, 0.6) is 0 Å². The van der Waals surface area contributed by atoms with Gasteiger partial charge in [0.15, 0.2) is 0 Å². The van der Waals surface area contributed by atoms with Gasteiger partial charge in [-0.05, 0) is 11.6 Å². The van der Waals surface area contributed by atoms with Gasteiger partial charge in [-0.2, -0.15) is 13.2 Å². The van der Waals surface area contributed by atoms with Gasteiger partial charge in [0.1, 0.15) is 0 Å². The summed E-state index contributed by atoms with van der Waals surface area (Å²) in [6, 6.07) is 8.11. The number of carbonyl (C=O) groups excluding carboxylic acids is 2. The second kappa shape index (κ2) is 5.29. The molecule has 1 N–H and O–H groups in total. The number of amides is 1. The highest BCUT2D eigenvalue weighted by Gasteiger charge is 2.39. The van der Waals surface area contributed by atoms with Crippen LogP contribution in [-0.2, 0) is 9.59 Å². The third-order valence-corrected chi connectivity index (χ3v) is 1.73. The normalized spacial score (nSPS) is 12.1. The zero-order valence-electron chi connectivity index (χ0n) is 8.41. The predicted molar refractivity (Wildman–Crippen MR) is 54.3 cm³/mol. The summed E-state index contributed by atoms with van der Waals surface area (Å²) in [6.45, 7) is 0. The van der Waals surface area contributed by atoms with Crippen molar-refractivity contribution in [3.05, 3.63) is 41.6 Å². The van der Waals surface area contributed by atoms with Crippen LogP contribution < -0.4 is 5.32 Å². The fourth-order valence-corrected chi connectivity index (χ4v) is 1.00. The number of carbonyl (C=O) groups is 1. The van der Waals surface area contributed by atoms with Crippen LogP contribution in [-0.4, -0.2) is 18.4 Å². The first kappa shape index (κ1) is 13.0. The molecule has 1 aromatic carbocycles. The molecule has 0 unspecified atom stereocenters. The number of allylic oxidation sites excluding steroid dienone is 1. The summed E-state index contributed by atoms with van der Waals surface area (Å²) in [5, 5.41) is 1.43. The van der Waals surface area contributed by atoms with Crippen molar-refractivity contribution in [2.24, 2.45) is 0 Å². The monoisotopic (exact) mass is 242 g/mol. The Balaban J connectivity index is 2.84. The van der Waals surface area contributed by atoms with Crippen molar-refractivity contribution in [1.29, 1.82) is 0 Å². The second-order valence-corrected chi connectivity index (χ2v) is 3.02. The van der Waals surface area contributed by atoms with Gasteiger partial charge in [0.25, 0.3) is 6.29 Å². The van der Waals surface area contributed by atoms with Crippen LogP contribution in [0.25, 0.3) is 6.08 Å². The van der Waals surface area contributed by atoms with Crippen molar-refractivity contribution < 1.29 is 22.8 Å². The van der Waals surface area contributed by atoms with E-state index in [4.69, 9.17) is 0 Å². The van der Waals surface area contributed by atoms with Crippen molar-refractivity contribution in [1.82, 2.24) is 5.32 Å². The molecule has 0 heterocycles. The predicted octanol–water partition coefficient (Wildman–Crippen LogP) is 1.82. The van der Waals surface area contributed by atoms with Gasteiger partial charge >= 0.3 is 12.1 Å². The van der Waals surface area contributed by atoms with Crippen LogP contribution in [0.1, 0.15) is 5.56 Å². The summed E-state index contributed by atoms with van der Waals surface area (Å²) in [7, 11) is 0. The van der Waals surface area contributed by atoms with Crippen LogP contribution in [0.4, 0.5) is 13.2 Å². The van der Waals surface area contributed by atoms with Crippen molar-refractivity contribution in [2.75, 3.05) is 0 Å². The zero-order chi connectivity index (χ0) is 12.9. The summed E-state index contributed by atoms with van der Waals surface area (Å²) in [6.07, 6.45) is -2.71. The van der Waals surface area contributed by atoms with Crippen molar-refractivity contribution in [3.8, 4) is 0 Å². The molecular formula is C11H7F3NO2. The Morgan fingerprint density at radius 3 is 2.29 bits per heavy atom. The Kier molecular flexibility index (Phi) is 4.03. The Labute approximate surface area is 94.9 Å². The maximum absolute atomic E-state index is 11.9. The minimum atomic E-state index is -5.04. The molecule has 1 rings (SSSR count). The lowest BCUT2D eigenvalue weighted by Crippen LogP contribution is -2.36. The van der Waals surface area contributed by atoms with Gasteiger partial charge in [0.05, 0.1) is 5.70 Å². The van der Waals surface area contributed by atoms with E-state index in [-0.39, 0.29) is 0 Å². The summed E-state index contributed by atoms with van der Waals surface area (Å²) in [5.41, 5.74) is -0.0909. The standard InChI is InChI=1S/C11H7F3NO2/c12-11(13,14)10(17)15-9(7-16)6-8-4-2-1-3-5-8/h1-6H,(H,15,17). The Morgan fingerprint density at radius 1 is 1.24 bits per heavy atom. The SMILES string of the molecule is O=[C]C(=Cc1ccccc1)NC(=O)C(F)(F)F. The largest absolute Gasteiger partial charge is 0.471 e. The lowest BCUT2D eigenvalue weighted by Gasteiger charge is -2.06. The second-order valence-electron chi connectivity index (χ2n) is 3.02. The molecule has 17 heavy (non-hydrogen) atoms. The zero-order valence-corrected chi connectivity index (χ0v) is 8.41. The molecule has 0 saturated heterocycles. The van der Waals surface area contributed by atoms with Crippen LogP contribution in [0.15, 0.2) is 36.0 Å². The topological polar surface area (TPSA) is 46.2 Å². The first-order valence-electron chi connectivity index (χ1n) is 4.46. The summed E-state index contributed by atoms with van der Waals surface area (Å²) >= 11 is 0. The van der Waals surface area contributed by atoms with Crippen LogP contribution in [0.2, 0.25) is 0 Å². The molecule has 0 aliphatic carbocycles. The Bertz CT molecular complexity index is 438. The Hall–Kier alpha value is -2.11. The van der Waals surface area contributed by atoms with E-state index in [0.29, 0.717) is 5.56 Å². The van der Waals surface area contributed by atoms with Gasteiger partial charge < -0.3 is 5.32 Å². The number of nitrogens with one attached hydrogen (secondary N) is 1. The maximum Gasteiger partial charge on any atom is 0.471 e. The van der Waals surface area contributed by atoms with E-state index < -0.39 is 17.8 Å². The molecule has 1 aromatic rings. The van der Waals surface area contributed by atoms with Gasteiger partial charge in [-0.15, -0.1) is 0 Å². The number of halogens is 3. The molecule has 1 amide bonds. The lowest BCUT2D eigenvalue weighted by molar-refractivity contribution is -0.172. The van der Waals surface area contributed by atoms with Crippen LogP contribution in [0.3, 0.4) is 0 Å². The quantitative estimate of drug-likeness (QED) is 0.822. The average Bonchev–Trinajstić information content (AvgIpc) is 2.28. The molecule has 0 saturated carbocycles. The van der Waals surface area contributed by atoms with Crippen molar-refractivity contribution >= 4 is 18.3 Å². The highest BCUT2D eigenvalue weighted by molar-refractivity contribution is 5.92. The highest BCUT2D eigenvalue weighted by Crippen LogP contribution is 2.15. The average molecular weight is 242 g/mol. The van der Waals surface area contributed by atoms with E-state index in [9.17, 15) is 22.8 Å². The first-order chi connectivity index (χ1) is 7.93. The smallest absolute Gasteiger partial charge is 0.315 e. The summed E-state index contributed by atoms with van der Waals surface area (Å²) in [5.74, 6) is -2.21. The highest BCUT2D eigenvalue weighted by atomic mass is 19.4. The molecule has 89 valence electrons. The fraction of sp³-hybridized carbons (Fsp3) is 0.0909. The summed E-state index contributed by atoms with van der Waals surface area (Å²) < 4.78 is 35.7. The van der Waals surface area contributed by atoms with Gasteiger partial charge in [0, 0.05) is 0 Å². The fourth-order valence-electron chi connectivity index (χ4n) is 1.00. The van der Waals surface area contributed by atoms with Gasteiger partial charge in [-0.25, -0.2) is 0 Å². The number of hydrogen-bond acceptors (Lipinski definition) is 2. The van der Waals surface area contributed by atoms with Crippen molar-refractivity contribution in [3.63, 3.8) is 0 Å². The molecule has 0 atom stereocenters. The molecule has 0 fully saturated rings. The minimum Gasteiger partial charge on any atom is -0.315 e. The number of hydrogen-bond donors (Lipinski definition) is 1. The molecular weight excluding hydrogens is 235 g/mol. The minimum absolute atomic E-state index is 0.480. The molecule has 0 aliphatic heterocycles. The molecule has 0 aromatic heterocycles. The van der Waals surface area contributed by atoms with Gasteiger partial charge in [-0.3, -0.25) is 9.59 Å². The van der Waals surface area contributed by atoms with Crippen LogP contribution >= 0.6 is 0 Å². The third-order valence-electron chi connectivity index (χ3n) is 1.73. The molecule has 0 spiro atoms.